The Morgan fingerprint density at radius 1 is 0.800 bits per heavy atom. The molecule has 0 aliphatic carbocycles. The summed E-state index contributed by atoms with van der Waals surface area (Å²) in [5.74, 6) is 0.301. The summed E-state index contributed by atoms with van der Waals surface area (Å²) in [6.45, 7) is 0. The van der Waals surface area contributed by atoms with Crippen molar-refractivity contribution in [2.24, 2.45) is 0 Å². The van der Waals surface area contributed by atoms with Gasteiger partial charge in [-0.15, -0.1) is 0 Å². The van der Waals surface area contributed by atoms with E-state index in [0.29, 0.717) is 0 Å². The van der Waals surface area contributed by atoms with E-state index >= 15 is 0 Å². The number of anilines is 3. The molecule has 15 heavy (non-hydrogen) atoms. The molecule has 0 aliphatic heterocycles. The maximum Gasteiger partial charge on any atom is 0.224 e. The molecule has 1 heterocycles. The lowest BCUT2D eigenvalue weighted by Gasteiger charge is -1.88. The zero-order valence-electron chi connectivity index (χ0n) is 8.04. The Hall–Kier alpha value is -2.37. The molecule has 1 aromatic heterocycles. The van der Waals surface area contributed by atoms with E-state index < -0.39 is 0 Å². The molecule has 0 atom stereocenters. The zero-order valence-corrected chi connectivity index (χ0v) is 8.04. The van der Waals surface area contributed by atoms with Gasteiger partial charge in [-0.1, -0.05) is 18.2 Å². The highest BCUT2D eigenvalue weighted by atomic mass is 15.1. The number of hydrogen-bond donors (Lipinski definition) is 3. The molecule has 0 radical (unpaired) electrons. The molecular weight excluding hydrogens is 192 g/mol. The van der Waals surface area contributed by atoms with E-state index in [1.165, 1.54) is 6.33 Å². The molecule has 0 bridgehead atoms. The molecule has 1 aromatic carbocycles. The first-order valence-electron chi connectivity index (χ1n) is 4.19. The van der Waals surface area contributed by atoms with Crippen LogP contribution in [0.25, 0.3) is 0 Å². The van der Waals surface area contributed by atoms with Crippen molar-refractivity contribution in [3.05, 3.63) is 36.7 Å². The summed E-state index contributed by atoms with van der Waals surface area (Å²) in [5, 5.41) is 0. The Morgan fingerprint density at radius 3 is 1.60 bits per heavy atom. The molecule has 0 aliphatic rings. The molecule has 6 heteroatoms. The van der Waals surface area contributed by atoms with Gasteiger partial charge in [-0.2, -0.15) is 4.98 Å². The number of rotatable bonds is 0. The molecule has 78 valence electrons. The highest BCUT2D eigenvalue weighted by Gasteiger charge is 1.86. The van der Waals surface area contributed by atoms with Gasteiger partial charge in [-0.3, -0.25) is 0 Å². The van der Waals surface area contributed by atoms with Crippen LogP contribution in [0, 0.1) is 0 Å². The van der Waals surface area contributed by atoms with Crippen LogP contribution in [0.5, 0.6) is 0 Å². The van der Waals surface area contributed by atoms with Crippen LogP contribution < -0.4 is 17.2 Å². The number of nitrogens with two attached hydrogens (primary N) is 3. The number of para-hydroxylation sites is 1. The van der Waals surface area contributed by atoms with Crippen LogP contribution in [0.15, 0.2) is 36.7 Å². The normalized spacial score (nSPS) is 8.80. The first kappa shape index (κ1) is 10.7. The van der Waals surface area contributed by atoms with E-state index in [2.05, 4.69) is 15.0 Å². The van der Waals surface area contributed by atoms with Gasteiger partial charge in [-0.25, -0.2) is 9.97 Å². The van der Waals surface area contributed by atoms with Gasteiger partial charge in [0, 0.05) is 5.69 Å². The summed E-state index contributed by atoms with van der Waals surface area (Å²) < 4.78 is 0. The second-order valence-corrected chi connectivity index (χ2v) is 2.61. The van der Waals surface area contributed by atoms with Crippen molar-refractivity contribution < 1.29 is 0 Å². The van der Waals surface area contributed by atoms with Crippen molar-refractivity contribution in [1.29, 1.82) is 0 Å². The van der Waals surface area contributed by atoms with Gasteiger partial charge in [0.15, 0.2) is 0 Å². The molecule has 0 spiro atoms. The van der Waals surface area contributed by atoms with Gasteiger partial charge in [0.2, 0.25) is 11.9 Å². The molecule has 6 N–H and O–H groups in total. The average Bonchev–Trinajstić information content (AvgIpc) is 2.19. The molecule has 0 amide bonds. The minimum atomic E-state index is 0.150. The third kappa shape index (κ3) is 4.41. The van der Waals surface area contributed by atoms with Crippen LogP contribution in [0.1, 0.15) is 0 Å². The fourth-order valence-corrected chi connectivity index (χ4v) is 0.775. The lowest BCUT2D eigenvalue weighted by Crippen LogP contribution is -2.00. The third-order valence-corrected chi connectivity index (χ3v) is 1.41. The first-order chi connectivity index (χ1) is 7.18. The summed E-state index contributed by atoms with van der Waals surface area (Å²) in [6, 6.07) is 9.49. The Bertz CT molecular complexity index is 385. The number of benzene rings is 1. The van der Waals surface area contributed by atoms with Crippen LogP contribution in [0.3, 0.4) is 0 Å². The van der Waals surface area contributed by atoms with Gasteiger partial charge >= 0.3 is 0 Å². The quantitative estimate of drug-likeness (QED) is 0.531. The van der Waals surface area contributed by atoms with E-state index in [4.69, 9.17) is 17.2 Å². The highest BCUT2D eigenvalue weighted by Crippen LogP contribution is 1.95. The van der Waals surface area contributed by atoms with Crippen molar-refractivity contribution >= 4 is 17.6 Å². The summed E-state index contributed by atoms with van der Waals surface area (Å²) in [4.78, 5) is 10.5. The van der Waals surface area contributed by atoms with Crippen molar-refractivity contribution in [1.82, 2.24) is 15.0 Å². The SMILES string of the molecule is Nc1ccccc1.Nc1ncnc(N)n1. The van der Waals surface area contributed by atoms with E-state index in [9.17, 15) is 0 Å². The predicted molar refractivity (Wildman–Crippen MR) is 59.5 cm³/mol. The molecule has 0 unspecified atom stereocenters. The van der Waals surface area contributed by atoms with Gasteiger partial charge in [0.25, 0.3) is 0 Å². The first-order valence-corrected chi connectivity index (χ1v) is 4.19. The summed E-state index contributed by atoms with van der Waals surface area (Å²) in [6.07, 6.45) is 1.26. The topological polar surface area (TPSA) is 117 Å². The van der Waals surface area contributed by atoms with Crippen LogP contribution in [0.4, 0.5) is 17.6 Å². The van der Waals surface area contributed by atoms with Crippen molar-refractivity contribution in [2.75, 3.05) is 17.2 Å². The van der Waals surface area contributed by atoms with Gasteiger partial charge in [-0.05, 0) is 12.1 Å². The van der Waals surface area contributed by atoms with Gasteiger partial charge in [0.1, 0.15) is 6.33 Å². The molecular formula is C9H12N6. The maximum absolute atomic E-state index is 5.36. The summed E-state index contributed by atoms with van der Waals surface area (Å²) >= 11 is 0. The molecule has 0 saturated heterocycles. The molecule has 2 aromatic rings. The largest absolute Gasteiger partial charge is 0.399 e. The molecule has 2 rings (SSSR count). The number of nitrogens with zero attached hydrogens (tertiary/aromatic N) is 3. The zero-order chi connectivity index (χ0) is 11.1. The van der Waals surface area contributed by atoms with E-state index in [1.807, 2.05) is 30.3 Å². The Balaban J connectivity index is 0.000000151. The average molecular weight is 204 g/mol. The standard InChI is InChI=1S/C6H7N.C3H5N5/c7-6-4-2-1-3-5-6;4-2-6-1-7-3(5)8-2/h1-5H,7H2;1H,(H4,4,5,6,7,8). The van der Waals surface area contributed by atoms with Crippen LogP contribution >= 0.6 is 0 Å². The Morgan fingerprint density at radius 2 is 1.33 bits per heavy atom. The maximum atomic E-state index is 5.36. The Kier molecular flexibility index (Phi) is 3.84. The number of hydrogen-bond acceptors (Lipinski definition) is 6. The summed E-state index contributed by atoms with van der Waals surface area (Å²) in [5.41, 5.74) is 16.4. The number of nitrogen functional groups attached to an aromatic ring is 3. The van der Waals surface area contributed by atoms with Gasteiger partial charge in [0.05, 0.1) is 0 Å². The fourth-order valence-electron chi connectivity index (χ4n) is 0.775. The predicted octanol–water partition coefficient (Wildman–Crippen LogP) is 0.305. The monoisotopic (exact) mass is 204 g/mol. The van der Waals surface area contributed by atoms with Crippen molar-refractivity contribution in [2.45, 2.75) is 0 Å². The van der Waals surface area contributed by atoms with Crippen LogP contribution in [-0.4, -0.2) is 15.0 Å². The van der Waals surface area contributed by atoms with Crippen molar-refractivity contribution in [3.63, 3.8) is 0 Å². The summed E-state index contributed by atoms with van der Waals surface area (Å²) in [7, 11) is 0. The minimum Gasteiger partial charge on any atom is -0.399 e. The van der Waals surface area contributed by atoms with E-state index in [0.717, 1.165) is 5.69 Å². The van der Waals surface area contributed by atoms with Gasteiger partial charge < -0.3 is 17.2 Å². The lowest BCUT2D eigenvalue weighted by atomic mass is 10.3. The van der Waals surface area contributed by atoms with Crippen LogP contribution in [-0.2, 0) is 0 Å². The Labute approximate surface area is 87.2 Å². The fraction of sp³-hybridized carbons (Fsp3) is 0. The highest BCUT2D eigenvalue weighted by molar-refractivity contribution is 5.35. The molecule has 0 fully saturated rings. The lowest BCUT2D eigenvalue weighted by molar-refractivity contribution is 1.08. The third-order valence-electron chi connectivity index (χ3n) is 1.41. The second-order valence-electron chi connectivity index (χ2n) is 2.61. The smallest absolute Gasteiger partial charge is 0.224 e. The number of aromatic nitrogens is 3. The second kappa shape index (κ2) is 5.38. The van der Waals surface area contributed by atoms with Crippen molar-refractivity contribution in [3.8, 4) is 0 Å². The van der Waals surface area contributed by atoms with E-state index in [-0.39, 0.29) is 11.9 Å². The molecule has 0 saturated carbocycles. The minimum absolute atomic E-state index is 0.150. The van der Waals surface area contributed by atoms with E-state index in [1.54, 1.807) is 0 Å². The molecule has 6 nitrogen and oxygen atoms in total. The van der Waals surface area contributed by atoms with Crippen LogP contribution in [0.2, 0.25) is 0 Å².